The summed E-state index contributed by atoms with van der Waals surface area (Å²) < 4.78 is 0. The van der Waals surface area contributed by atoms with Gasteiger partial charge in [0.25, 0.3) is 0 Å². The van der Waals surface area contributed by atoms with Crippen molar-refractivity contribution in [1.29, 1.82) is 0 Å². The normalized spacial score (nSPS) is 19.4. The first-order valence-electron chi connectivity index (χ1n) is 6.86. The van der Waals surface area contributed by atoms with Crippen molar-refractivity contribution < 1.29 is 16.5 Å². The molecular weight excluding hydrogens is 251 g/mol. The first kappa shape index (κ1) is 22.7. The van der Waals surface area contributed by atoms with Crippen LogP contribution in [0.5, 0.6) is 0 Å². The standard InChI is InChI=1S/2C7H14.2CH3.Ni/c2*1-2-7-5-3-4-6-7;;;/h2*7H,2-6H2,1H3;2*1H3;/q;;2*-1;+2. The summed E-state index contributed by atoms with van der Waals surface area (Å²) in [6.07, 6.45) is 14.9. The molecule has 1 heteroatoms. The molecule has 0 atom stereocenters. The zero-order valence-corrected chi connectivity index (χ0v) is 13.5. The maximum absolute atomic E-state index is 2.30. The Morgan fingerprint density at radius 1 is 0.647 bits per heavy atom. The van der Waals surface area contributed by atoms with Gasteiger partial charge in [0.15, 0.2) is 0 Å². The molecule has 2 aliphatic rings. The fraction of sp³-hybridized carbons (Fsp3) is 0.875. The van der Waals surface area contributed by atoms with Crippen molar-refractivity contribution in [3.8, 4) is 0 Å². The van der Waals surface area contributed by atoms with E-state index in [2.05, 4.69) is 13.8 Å². The molecule has 0 aliphatic heterocycles. The molecule has 0 saturated heterocycles. The van der Waals surface area contributed by atoms with Gasteiger partial charge < -0.3 is 14.9 Å². The van der Waals surface area contributed by atoms with Gasteiger partial charge in [0, 0.05) is 0 Å². The van der Waals surface area contributed by atoms with Gasteiger partial charge in [-0.05, 0) is 11.8 Å². The van der Waals surface area contributed by atoms with E-state index in [-0.39, 0.29) is 31.3 Å². The van der Waals surface area contributed by atoms with Crippen molar-refractivity contribution in [2.24, 2.45) is 11.8 Å². The van der Waals surface area contributed by atoms with Crippen LogP contribution in [0.4, 0.5) is 0 Å². The van der Waals surface area contributed by atoms with Gasteiger partial charge >= 0.3 is 16.5 Å². The van der Waals surface area contributed by atoms with Gasteiger partial charge in [-0.15, -0.1) is 0 Å². The third-order valence-corrected chi connectivity index (χ3v) is 4.10. The average molecular weight is 285 g/mol. The van der Waals surface area contributed by atoms with Crippen LogP contribution in [-0.4, -0.2) is 0 Å². The monoisotopic (exact) mass is 284 g/mol. The molecule has 108 valence electrons. The smallest absolute Gasteiger partial charge is 0.358 e. The first-order valence-corrected chi connectivity index (χ1v) is 6.86. The predicted octanol–water partition coefficient (Wildman–Crippen LogP) is 6.07. The van der Waals surface area contributed by atoms with E-state index in [0.29, 0.717) is 0 Å². The first-order chi connectivity index (χ1) is 6.86. The summed E-state index contributed by atoms with van der Waals surface area (Å²) in [6.45, 7) is 4.60. The van der Waals surface area contributed by atoms with Crippen LogP contribution >= 0.6 is 0 Å². The summed E-state index contributed by atoms with van der Waals surface area (Å²) in [4.78, 5) is 0. The molecule has 0 aromatic carbocycles. The van der Waals surface area contributed by atoms with Gasteiger partial charge in [-0.2, -0.15) is 0 Å². The van der Waals surface area contributed by atoms with Crippen molar-refractivity contribution in [2.75, 3.05) is 0 Å². The Bertz CT molecular complexity index is 105. The van der Waals surface area contributed by atoms with E-state index >= 15 is 0 Å². The van der Waals surface area contributed by atoms with Crippen LogP contribution < -0.4 is 0 Å². The van der Waals surface area contributed by atoms with Crippen molar-refractivity contribution in [1.82, 2.24) is 0 Å². The van der Waals surface area contributed by atoms with Gasteiger partial charge in [-0.25, -0.2) is 0 Å². The van der Waals surface area contributed by atoms with Crippen molar-refractivity contribution >= 4 is 0 Å². The second kappa shape index (κ2) is 14.6. The SMILES string of the molecule is CCC1CCCC1.CCC1CCCC1.[CH3-].[CH3-].[Ni+2]. The molecule has 0 radical (unpaired) electrons. The Morgan fingerprint density at radius 3 is 1.00 bits per heavy atom. The molecule has 0 nitrogen and oxygen atoms in total. The van der Waals surface area contributed by atoms with Crippen molar-refractivity contribution in [3.63, 3.8) is 0 Å². The van der Waals surface area contributed by atoms with E-state index < -0.39 is 0 Å². The summed E-state index contributed by atoms with van der Waals surface area (Å²) in [5.41, 5.74) is 0. The molecular formula is C16H34Ni. The topological polar surface area (TPSA) is 0 Å². The minimum atomic E-state index is 0. The number of hydrogen-bond donors (Lipinski definition) is 0. The molecule has 17 heavy (non-hydrogen) atoms. The zero-order chi connectivity index (χ0) is 10.2. The van der Waals surface area contributed by atoms with Crippen LogP contribution in [0.1, 0.15) is 78.1 Å². The van der Waals surface area contributed by atoms with Crippen LogP contribution in [-0.2, 0) is 16.5 Å². The van der Waals surface area contributed by atoms with Crippen LogP contribution in [0.3, 0.4) is 0 Å². The maximum atomic E-state index is 2.30. The molecule has 2 aliphatic carbocycles. The minimum absolute atomic E-state index is 0. The van der Waals surface area contributed by atoms with Gasteiger partial charge in [0.05, 0.1) is 0 Å². The molecule has 0 aromatic rings. The van der Waals surface area contributed by atoms with Crippen LogP contribution in [0.15, 0.2) is 0 Å². The number of hydrogen-bond acceptors (Lipinski definition) is 0. The van der Waals surface area contributed by atoms with Crippen LogP contribution in [0.25, 0.3) is 0 Å². The Morgan fingerprint density at radius 2 is 0.882 bits per heavy atom. The third-order valence-electron chi connectivity index (χ3n) is 4.10. The van der Waals surface area contributed by atoms with E-state index in [9.17, 15) is 0 Å². The second-order valence-electron chi connectivity index (χ2n) is 5.12. The molecule has 0 heterocycles. The molecule has 2 fully saturated rings. The molecule has 0 unspecified atom stereocenters. The van der Waals surface area contributed by atoms with E-state index in [1.54, 1.807) is 0 Å². The van der Waals surface area contributed by atoms with E-state index in [0.717, 1.165) is 11.8 Å². The zero-order valence-electron chi connectivity index (χ0n) is 12.5. The molecule has 0 spiro atoms. The molecule has 2 saturated carbocycles. The summed E-state index contributed by atoms with van der Waals surface area (Å²) >= 11 is 0. The van der Waals surface area contributed by atoms with E-state index in [4.69, 9.17) is 0 Å². The van der Waals surface area contributed by atoms with Gasteiger partial charge in [-0.3, -0.25) is 0 Å². The Balaban J connectivity index is -0.000000196. The Hall–Kier alpha value is 0.494. The average Bonchev–Trinajstić information content (AvgIpc) is 2.92. The van der Waals surface area contributed by atoms with Crippen LogP contribution in [0, 0.1) is 26.7 Å². The quantitative estimate of drug-likeness (QED) is 0.426. The molecule has 2 rings (SSSR count). The van der Waals surface area contributed by atoms with Crippen molar-refractivity contribution in [2.45, 2.75) is 78.1 Å². The predicted molar refractivity (Wildman–Crippen MR) is 77.3 cm³/mol. The van der Waals surface area contributed by atoms with E-state index in [1.165, 1.54) is 64.2 Å². The van der Waals surface area contributed by atoms with Crippen LogP contribution in [0.2, 0.25) is 0 Å². The van der Waals surface area contributed by atoms with Gasteiger partial charge in [0.1, 0.15) is 0 Å². The van der Waals surface area contributed by atoms with E-state index in [1.807, 2.05) is 0 Å². The van der Waals surface area contributed by atoms with Gasteiger partial charge in [0.2, 0.25) is 0 Å². The largest absolute Gasteiger partial charge is 2.00 e. The third kappa shape index (κ3) is 10.1. The van der Waals surface area contributed by atoms with Gasteiger partial charge in [-0.1, -0.05) is 78.1 Å². The number of rotatable bonds is 2. The molecule has 0 N–H and O–H groups in total. The Kier molecular flexibility index (Phi) is 19.4. The fourth-order valence-corrected chi connectivity index (χ4v) is 2.84. The Labute approximate surface area is 121 Å². The summed E-state index contributed by atoms with van der Waals surface area (Å²) in [7, 11) is 0. The maximum Gasteiger partial charge on any atom is 2.00 e. The molecule has 0 bridgehead atoms. The molecule has 0 amide bonds. The minimum Gasteiger partial charge on any atom is -0.358 e. The summed E-state index contributed by atoms with van der Waals surface area (Å²) in [5.74, 6) is 2.19. The fourth-order valence-electron chi connectivity index (χ4n) is 2.84. The molecule has 0 aromatic heterocycles. The summed E-state index contributed by atoms with van der Waals surface area (Å²) in [5, 5.41) is 0. The van der Waals surface area contributed by atoms with Crippen molar-refractivity contribution in [3.05, 3.63) is 14.9 Å². The summed E-state index contributed by atoms with van der Waals surface area (Å²) in [6, 6.07) is 0. The second-order valence-corrected chi connectivity index (χ2v) is 5.12.